The fraction of sp³-hybridized carbons (Fsp3) is 0.206. The molecule has 0 spiro atoms. The molecule has 5 rings (SSSR count). The van der Waals surface area contributed by atoms with Crippen LogP contribution in [0.1, 0.15) is 42.0 Å². The van der Waals surface area contributed by atoms with E-state index in [1.165, 1.54) is 16.8 Å². The highest BCUT2D eigenvalue weighted by Gasteiger charge is 2.19. The second kappa shape index (κ2) is 12.8. The Morgan fingerprint density at radius 2 is 1.70 bits per heavy atom. The molecule has 220 valence electrons. The predicted octanol–water partition coefficient (Wildman–Crippen LogP) is 7.88. The van der Waals surface area contributed by atoms with E-state index >= 15 is 0 Å². The van der Waals surface area contributed by atoms with Crippen LogP contribution in [0.2, 0.25) is 0 Å². The number of fused-ring (bicyclic) bond motifs is 1. The summed E-state index contributed by atoms with van der Waals surface area (Å²) in [5, 5.41) is 5.11. The van der Waals surface area contributed by atoms with E-state index in [1.807, 2.05) is 31.2 Å². The first-order chi connectivity index (χ1) is 20.7. The molecule has 43 heavy (non-hydrogen) atoms. The Morgan fingerprint density at radius 3 is 2.40 bits per heavy atom. The van der Waals surface area contributed by atoms with E-state index in [4.69, 9.17) is 19.2 Å². The first-order valence-corrected chi connectivity index (χ1v) is 14.5. The maximum absolute atomic E-state index is 13.8. The molecule has 5 aromatic rings. The van der Waals surface area contributed by atoms with Crippen LogP contribution in [-0.4, -0.2) is 30.1 Å². The smallest absolute Gasteiger partial charge is 0.282 e. The van der Waals surface area contributed by atoms with Gasteiger partial charge in [0.05, 0.1) is 31.3 Å². The summed E-state index contributed by atoms with van der Waals surface area (Å²) in [5.74, 6) is 2.06. The van der Waals surface area contributed by atoms with E-state index < -0.39 is 0 Å². The molecule has 0 saturated carbocycles. The molecule has 4 aromatic carbocycles. The van der Waals surface area contributed by atoms with Crippen LogP contribution in [0.3, 0.4) is 0 Å². The molecule has 0 aliphatic heterocycles. The highest BCUT2D eigenvalue weighted by atomic mass is 79.9. The van der Waals surface area contributed by atoms with Crippen molar-refractivity contribution in [3.63, 3.8) is 0 Å². The Bertz CT molecular complexity index is 1880. The van der Waals surface area contributed by atoms with Gasteiger partial charge in [-0.05, 0) is 94.0 Å². The maximum Gasteiger partial charge on any atom is 0.282 e. The van der Waals surface area contributed by atoms with Gasteiger partial charge in [0.25, 0.3) is 5.56 Å². The first kappa shape index (κ1) is 30.0. The van der Waals surface area contributed by atoms with Crippen LogP contribution in [0.4, 0.5) is 4.39 Å². The van der Waals surface area contributed by atoms with Gasteiger partial charge < -0.3 is 14.2 Å². The predicted molar refractivity (Wildman–Crippen MR) is 171 cm³/mol. The molecule has 0 saturated heterocycles. The van der Waals surface area contributed by atoms with Gasteiger partial charge in [-0.1, -0.05) is 38.1 Å². The van der Waals surface area contributed by atoms with E-state index in [0.29, 0.717) is 38.3 Å². The number of para-hydroxylation sites is 1. The number of hydrogen-bond donors (Lipinski definition) is 0. The van der Waals surface area contributed by atoms with Gasteiger partial charge in [-0.3, -0.25) is 4.79 Å². The number of benzene rings is 4. The van der Waals surface area contributed by atoms with Crippen molar-refractivity contribution in [1.29, 1.82) is 0 Å². The van der Waals surface area contributed by atoms with E-state index in [2.05, 4.69) is 34.9 Å². The van der Waals surface area contributed by atoms with Gasteiger partial charge in [0.2, 0.25) is 0 Å². The number of aryl methyl sites for hydroxylation is 1. The minimum atomic E-state index is -0.306. The summed E-state index contributed by atoms with van der Waals surface area (Å²) in [6.07, 6.45) is 1.58. The zero-order chi connectivity index (χ0) is 30.7. The van der Waals surface area contributed by atoms with E-state index in [-0.39, 0.29) is 23.9 Å². The average molecular weight is 645 g/mol. The van der Waals surface area contributed by atoms with Gasteiger partial charge in [0, 0.05) is 15.6 Å². The topological polar surface area (TPSA) is 74.9 Å². The molecule has 7 nitrogen and oxygen atoms in total. The highest BCUT2D eigenvalue weighted by molar-refractivity contribution is 9.10. The lowest BCUT2D eigenvalue weighted by molar-refractivity contribution is 0.284. The Balaban J connectivity index is 1.58. The lowest BCUT2D eigenvalue weighted by Crippen LogP contribution is -2.21. The summed E-state index contributed by atoms with van der Waals surface area (Å²) in [4.78, 5) is 18.7. The number of aromatic nitrogens is 2. The number of ether oxygens (including phenoxy) is 3. The molecule has 0 radical (unpaired) electrons. The summed E-state index contributed by atoms with van der Waals surface area (Å²) in [7, 11) is 3.20. The van der Waals surface area contributed by atoms with Crippen LogP contribution in [0.5, 0.6) is 17.2 Å². The van der Waals surface area contributed by atoms with E-state index in [1.54, 1.807) is 56.8 Å². The van der Waals surface area contributed by atoms with Crippen LogP contribution >= 0.6 is 15.9 Å². The molecule has 0 amide bonds. The van der Waals surface area contributed by atoms with Crippen LogP contribution in [0.15, 0.2) is 87.2 Å². The van der Waals surface area contributed by atoms with Crippen molar-refractivity contribution >= 4 is 33.0 Å². The van der Waals surface area contributed by atoms with Crippen molar-refractivity contribution in [2.75, 3.05) is 14.2 Å². The van der Waals surface area contributed by atoms with Gasteiger partial charge in [0.1, 0.15) is 18.2 Å². The standard InChI is InChI=1S/C34H31BrFN3O4/c1-20(2)26-16-27(21(3)14-30(26)41-4)33-38-29-9-7-6-8-25(29)34(40)39(33)37-18-23-15-31(42-5)32(17-28(23)35)43-19-22-10-12-24(36)13-11-22/h6-18,20H,19H2,1-5H3. The Labute approximate surface area is 257 Å². The van der Waals surface area contributed by atoms with Crippen LogP contribution in [0.25, 0.3) is 22.3 Å². The molecule has 0 aliphatic carbocycles. The van der Waals surface area contributed by atoms with Crippen molar-refractivity contribution in [3.05, 3.63) is 116 Å². The average Bonchev–Trinajstić information content (AvgIpc) is 3.00. The molecule has 0 atom stereocenters. The van der Waals surface area contributed by atoms with Gasteiger partial charge in [-0.15, -0.1) is 0 Å². The van der Waals surface area contributed by atoms with Gasteiger partial charge in [-0.2, -0.15) is 9.78 Å². The Hall–Kier alpha value is -4.50. The zero-order valence-corrected chi connectivity index (χ0v) is 26.1. The number of rotatable bonds is 9. The molecule has 1 aromatic heterocycles. The second-order valence-corrected chi connectivity index (χ2v) is 11.2. The van der Waals surface area contributed by atoms with Gasteiger partial charge >= 0.3 is 0 Å². The quantitative estimate of drug-likeness (QED) is 0.153. The molecule has 0 bridgehead atoms. The Kier molecular flexibility index (Phi) is 8.92. The third-order valence-corrected chi connectivity index (χ3v) is 7.78. The van der Waals surface area contributed by atoms with Crippen molar-refractivity contribution in [1.82, 2.24) is 9.66 Å². The highest BCUT2D eigenvalue weighted by Crippen LogP contribution is 2.35. The molecule has 0 fully saturated rings. The van der Waals surface area contributed by atoms with Crippen molar-refractivity contribution in [3.8, 4) is 28.6 Å². The lowest BCUT2D eigenvalue weighted by atomic mass is 9.96. The number of halogens is 2. The summed E-state index contributed by atoms with van der Waals surface area (Å²) in [5.41, 5.74) is 4.45. The van der Waals surface area contributed by atoms with Crippen LogP contribution in [0, 0.1) is 12.7 Å². The van der Waals surface area contributed by atoms with Crippen molar-refractivity contribution < 1.29 is 18.6 Å². The molecular weight excluding hydrogens is 613 g/mol. The molecule has 0 aliphatic rings. The summed E-state index contributed by atoms with van der Waals surface area (Å²) in [6, 6.07) is 20.9. The molecule has 0 unspecified atom stereocenters. The Morgan fingerprint density at radius 1 is 0.977 bits per heavy atom. The maximum atomic E-state index is 13.8. The molecular formula is C34H31BrFN3O4. The fourth-order valence-electron chi connectivity index (χ4n) is 4.76. The molecule has 0 N–H and O–H groups in total. The molecule has 1 heterocycles. The van der Waals surface area contributed by atoms with Crippen LogP contribution in [-0.2, 0) is 6.61 Å². The SMILES string of the molecule is COc1cc(C=Nn2c(-c3cc(C(C)C)c(OC)cc3C)nc3ccccc3c2=O)c(Br)cc1OCc1ccc(F)cc1. The second-order valence-electron chi connectivity index (χ2n) is 10.3. The third kappa shape index (κ3) is 6.32. The third-order valence-electron chi connectivity index (χ3n) is 7.10. The van der Waals surface area contributed by atoms with Crippen LogP contribution < -0.4 is 19.8 Å². The number of methoxy groups -OCH3 is 2. The van der Waals surface area contributed by atoms with Gasteiger partial charge in [0.15, 0.2) is 17.3 Å². The number of hydrogen-bond acceptors (Lipinski definition) is 6. The van der Waals surface area contributed by atoms with E-state index in [0.717, 1.165) is 28.0 Å². The van der Waals surface area contributed by atoms with E-state index in [9.17, 15) is 9.18 Å². The summed E-state index contributed by atoms with van der Waals surface area (Å²) >= 11 is 3.60. The molecule has 9 heteroatoms. The zero-order valence-electron chi connectivity index (χ0n) is 24.5. The van der Waals surface area contributed by atoms with Crippen molar-refractivity contribution in [2.24, 2.45) is 5.10 Å². The van der Waals surface area contributed by atoms with Crippen molar-refractivity contribution in [2.45, 2.75) is 33.3 Å². The fourth-order valence-corrected chi connectivity index (χ4v) is 5.18. The minimum Gasteiger partial charge on any atom is -0.496 e. The largest absolute Gasteiger partial charge is 0.496 e. The van der Waals surface area contributed by atoms with Gasteiger partial charge in [-0.25, -0.2) is 9.37 Å². The number of nitrogens with zero attached hydrogens (tertiary/aromatic N) is 3. The summed E-state index contributed by atoms with van der Waals surface area (Å²) < 4.78 is 32.5. The lowest BCUT2D eigenvalue weighted by Gasteiger charge is -2.17. The first-order valence-electron chi connectivity index (χ1n) is 13.7. The monoisotopic (exact) mass is 643 g/mol. The normalized spacial score (nSPS) is 11.4. The minimum absolute atomic E-state index is 0.186. The summed E-state index contributed by atoms with van der Waals surface area (Å²) in [6.45, 7) is 6.38.